The van der Waals surface area contributed by atoms with Crippen LogP contribution in [0.4, 0.5) is 0 Å². The van der Waals surface area contributed by atoms with E-state index >= 15 is 0 Å². The number of carbonyl (C=O) groups is 1. The molecule has 1 unspecified atom stereocenters. The lowest BCUT2D eigenvalue weighted by atomic mass is 9.78. The first-order valence-corrected chi connectivity index (χ1v) is 11.2. The van der Waals surface area contributed by atoms with E-state index in [1.807, 2.05) is 73.7 Å². The fourth-order valence-corrected chi connectivity index (χ4v) is 5.00. The van der Waals surface area contributed by atoms with Crippen molar-refractivity contribution in [3.05, 3.63) is 88.9 Å². The second-order valence-electron chi connectivity index (χ2n) is 7.79. The first-order chi connectivity index (χ1) is 15.5. The molecule has 0 aliphatic carbocycles. The van der Waals surface area contributed by atoms with E-state index in [-0.39, 0.29) is 5.91 Å². The van der Waals surface area contributed by atoms with Crippen LogP contribution in [0.3, 0.4) is 0 Å². The number of benzene rings is 3. The quantitative estimate of drug-likeness (QED) is 0.408. The molecule has 0 saturated heterocycles. The Morgan fingerprint density at radius 3 is 2.44 bits per heavy atom. The minimum atomic E-state index is -0.777. The molecule has 1 N–H and O–H groups in total. The molecule has 0 aliphatic rings. The first kappa shape index (κ1) is 21.8. The molecule has 4 aromatic rings. The number of nitrogens with zero attached hydrogens (tertiary/aromatic N) is 1. The average Bonchev–Trinajstić information content (AvgIpc) is 3.24. The molecule has 5 nitrogen and oxygen atoms in total. The van der Waals surface area contributed by atoms with E-state index in [0.29, 0.717) is 24.5 Å². The lowest BCUT2D eigenvalue weighted by Gasteiger charge is -2.28. The predicted octanol–water partition coefficient (Wildman–Crippen LogP) is 5.13. The van der Waals surface area contributed by atoms with Gasteiger partial charge in [-0.25, -0.2) is 4.98 Å². The Bertz CT molecular complexity index is 1190. The fraction of sp³-hybridized carbons (Fsp3) is 0.231. The number of carbonyl (C=O) groups excluding carboxylic acids is 1. The average molecular weight is 447 g/mol. The zero-order chi connectivity index (χ0) is 22.6. The van der Waals surface area contributed by atoms with Crippen molar-refractivity contribution in [2.24, 2.45) is 0 Å². The Balaban J connectivity index is 1.62. The molecule has 164 valence electrons. The topological polar surface area (TPSA) is 60.5 Å². The lowest BCUT2D eigenvalue weighted by molar-refractivity contribution is -0.126. The summed E-state index contributed by atoms with van der Waals surface area (Å²) in [6, 6.07) is 23.6. The van der Waals surface area contributed by atoms with Crippen molar-refractivity contribution in [3.8, 4) is 11.5 Å². The third-order valence-corrected chi connectivity index (χ3v) is 6.72. The maximum atomic E-state index is 13.6. The lowest BCUT2D eigenvalue weighted by Crippen LogP contribution is -2.43. The number of nitrogens with one attached hydrogen (secondary N) is 1. The minimum Gasteiger partial charge on any atom is -0.493 e. The summed E-state index contributed by atoms with van der Waals surface area (Å²) >= 11 is 1.63. The third-order valence-electron chi connectivity index (χ3n) is 5.68. The summed E-state index contributed by atoms with van der Waals surface area (Å²) in [6.45, 7) is 2.31. The van der Waals surface area contributed by atoms with E-state index in [1.54, 1.807) is 25.6 Å². The summed E-state index contributed by atoms with van der Waals surface area (Å²) in [5.41, 5.74) is 2.00. The number of fused-ring (bicyclic) bond motifs is 1. The van der Waals surface area contributed by atoms with Gasteiger partial charge in [0.25, 0.3) is 0 Å². The Kier molecular flexibility index (Phi) is 6.42. The minimum absolute atomic E-state index is 0.0622. The molecule has 1 atom stereocenters. The van der Waals surface area contributed by atoms with Gasteiger partial charge in [0.15, 0.2) is 11.5 Å². The van der Waals surface area contributed by atoms with Crippen LogP contribution in [-0.2, 0) is 23.2 Å². The molecule has 0 aliphatic heterocycles. The standard InChI is InChI=1S/C26H26N2O3S/c1-26(19-11-5-4-6-12-19,16-23-28-20-13-7-8-15-22(20)32-23)25(29)27-17-18-10-9-14-21(30-2)24(18)31-3/h4-15H,16-17H2,1-3H3,(H,27,29). The maximum Gasteiger partial charge on any atom is 0.231 e. The molecular weight excluding hydrogens is 420 g/mol. The van der Waals surface area contributed by atoms with Gasteiger partial charge in [0.1, 0.15) is 0 Å². The van der Waals surface area contributed by atoms with Crippen molar-refractivity contribution in [2.45, 2.75) is 25.3 Å². The Morgan fingerprint density at radius 1 is 0.969 bits per heavy atom. The monoisotopic (exact) mass is 446 g/mol. The number of thiazole rings is 1. The van der Waals surface area contributed by atoms with Crippen molar-refractivity contribution in [2.75, 3.05) is 14.2 Å². The van der Waals surface area contributed by atoms with E-state index in [4.69, 9.17) is 14.5 Å². The second-order valence-corrected chi connectivity index (χ2v) is 8.90. The van der Waals surface area contributed by atoms with Crippen LogP contribution in [-0.4, -0.2) is 25.1 Å². The van der Waals surface area contributed by atoms with E-state index in [0.717, 1.165) is 26.4 Å². The molecule has 1 amide bonds. The highest BCUT2D eigenvalue weighted by molar-refractivity contribution is 7.18. The van der Waals surface area contributed by atoms with E-state index in [1.165, 1.54) is 0 Å². The second kappa shape index (κ2) is 9.40. The van der Waals surface area contributed by atoms with Gasteiger partial charge >= 0.3 is 0 Å². The zero-order valence-corrected chi connectivity index (χ0v) is 19.2. The fourth-order valence-electron chi connectivity index (χ4n) is 3.88. The largest absolute Gasteiger partial charge is 0.493 e. The van der Waals surface area contributed by atoms with Crippen LogP contribution in [0.15, 0.2) is 72.8 Å². The van der Waals surface area contributed by atoms with Gasteiger partial charge in [0.05, 0.1) is 34.9 Å². The number of amides is 1. The highest BCUT2D eigenvalue weighted by atomic mass is 32.1. The highest BCUT2D eigenvalue weighted by Gasteiger charge is 2.36. The van der Waals surface area contributed by atoms with Gasteiger partial charge < -0.3 is 14.8 Å². The third kappa shape index (κ3) is 4.32. The SMILES string of the molecule is COc1cccc(CNC(=O)C(C)(Cc2nc3ccccc3s2)c2ccccc2)c1OC. The molecule has 0 radical (unpaired) electrons. The van der Waals surface area contributed by atoms with Gasteiger partial charge in [-0.2, -0.15) is 0 Å². The molecule has 0 spiro atoms. The van der Waals surface area contributed by atoms with Crippen LogP contribution in [0.25, 0.3) is 10.2 Å². The highest BCUT2D eigenvalue weighted by Crippen LogP contribution is 2.34. The van der Waals surface area contributed by atoms with Gasteiger partial charge in [-0.15, -0.1) is 11.3 Å². The molecule has 1 aromatic heterocycles. The Morgan fingerprint density at radius 2 is 1.72 bits per heavy atom. The van der Waals surface area contributed by atoms with E-state index in [9.17, 15) is 4.79 Å². The molecule has 0 bridgehead atoms. The Labute approximate surface area is 192 Å². The smallest absolute Gasteiger partial charge is 0.231 e. The summed E-state index contributed by atoms with van der Waals surface area (Å²) in [5.74, 6) is 1.20. The normalized spacial score (nSPS) is 12.8. The number of para-hydroxylation sites is 2. The van der Waals surface area contributed by atoms with Crippen LogP contribution in [0.1, 0.15) is 23.1 Å². The number of methoxy groups -OCH3 is 2. The predicted molar refractivity (Wildman–Crippen MR) is 129 cm³/mol. The molecule has 4 rings (SSSR count). The molecule has 0 saturated carbocycles. The van der Waals surface area contributed by atoms with E-state index < -0.39 is 5.41 Å². The van der Waals surface area contributed by atoms with Crippen molar-refractivity contribution >= 4 is 27.5 Å². The molecule has 32 heavy (non-hydrogen) atoms. The van der Waals surface area contributed by atoms with Gasteiger partial charge in [-0.3, -0.25) is 4.79 Å². The van der Waals surface area contributed by atoms with Crippen molar-refractivity contribution in [3.63, 3.8) is 0 Å². The number of aromatic nitrogens is 1. The van der Waals surface area contributed by atoms with Crippen LogP contribution in [0, 0.1) is 0 Å². The number of rotatable bonds is 8. The molecule has 6 heteroatoms. The molecule has 1 heterocycles. The first-order valence-electron chi connectivity index (χ1n) is 10.4. The van der Waals surface area contributed by atoms with Crippen LogP contribution in [0.2, 0.25) is 0 Å². The summed E-state index contributed by atoms with van der Waals surface area (Å²) in [4.78, 5) is 18.4. The Hall–Kier alpha value is -3.38. The maximum absolute atomic E-state index is 13.6. The molecule has 3 aromatic carbocycles. The van der Waals surface area contributed by atoms with Crippen molar-refractivity contribution in [1.82, 2.24) is 10.3 Å². The van der Waals surface area contributed by atoms with Gasteiger partial charge in [-0.1, -0.05) is 54.6 Å². The number of hydrogen-bond acceptors (Lipinski definition) is 5. The van der Waals surface area contributed by atoms with Gasteiger partial charge in [-0.05, 0) is 30.7 Å². The molecular formula is C26H26N2O3S. The summed E-state index contributed by atoms with van der Waals surface area (Å²) in [5, 5.41) is 4.06. The van der Waals surface area contributed by atoms with Gasteiger partial charge in [0, 0.05) is 18.5 Å². The molecule has 0 fully saturated rings. The number of hydrogen-bond donors (Lipinski definition) is 1. The zero-order valence-electron chi connectivity index (χ0n) is 18.4. The van der Waals surface area contributed by atoms with Crippen LogP contribution in [0.5, 0.6) is 11.5 Å². The summed E-state index contributed by atoms with van der Waals surface area (Å²) < 4.78 is 12.0. The van der Waals surface area contributed by atoms with Crippen LogP contribution < -0.4 is 14.8 Å². The van der Waals surface area contributed by atoms with E-state index in [2.05, 4.69) is 11.4 Å². The van der Waals surface area contributed by atoms with Crippen LogP contribution >= 0.6 is 11.3 Å². The summed E-state index contributed by atoms with van der Waals surface area (Å²) in [6.07, 6.45) is 0.511. The summed E-state index contributed by atoms with van der Waals surface area (Å²) in [7, 11) is 3.20. The number of ether oxygens (including phenoxy) is 2. The van der Waals surface area contributed by atoms with Crippen molar-refractivity contribution < 1.29 is 14.3 Å². The van der Waals surface area contributed by atoms with Crippen molar-refractivity contribution in [1.29, 1.82) is 0 Å². The van der Waals surface area contributed by atoms with Gasteiger partial charge in [0.2, 0.25) is 5.91 Å².